The number of para-hydroxylation sites is 1. The van der Waals surface area contributed by atoms with Crippen LogP contribution in [-0.2, 0) is 0 Å². The summed E-state index contributed by atoms with van der Waals surface area (Å²) in [5, 5.41) is 21.9. The number of benzene rings is 2. The first-order chi connectivity index (χ1) is 16.3. The second kappa shape index (κ2) is 10.0. The lowest BCUT2D eigenvalue weighted by Gasteiger charge is -2.13. The van der Waals surface area contributed by atoms with Crippen LogP contribution in [0.15, 0.2) is 53.9 Å². The average Bonchev–Trinajstić information content (AvgIpc) is 3.34. The molecule has 5 nitrogen and oxygen atoms in total. The van der Waals surface area contributed by atoms with E-state index in [1.165, 1.54) is 12.8 Å². The SMILES string of the molecule is N#Cc1ccc2cc1OCCCCCCCCOc1ccccc1-c1nnc-2c2ccsc12. The van der Waals surface area contributed by atoms with Crippen LogP contribution in [0.3, 0.4) is 0 Å². The van der Waals surface area contributed by atoms with E-state index in [-0.39, 0.29) is 0 Å². The smallest absolute Gasteiger partial charge is 0.137 e. The predicted molar refractivity (Wildman–Crippen MR) is 132 cm³/mol. The summed E-state index contributed by atoms with van der Waals surface area (Å²) in [6.07, 6.45) is 6.63. The fourth-order valence-electron chi connectivity index (χ4n) is 4.21. The molecule has 2 aromatic carbocycles. The molecule has 0 aliphatic carbocycles. The lowest BCUT2D eigenvalue weighted by Crippen LogP contribution is -2.00. The second-order valence-corrected chi connectivity index (χ2v) is 9.11. The highest BCUT2D eigenvalue weighted by Gasteiger charge is 2.18. The van der Waals surface area contributed by atoms with E-state index in [4.69, 9.17) is 9.47 Å². The third kappa shape index (κ3) is 4.55. The lowest BCUT2D eigenvalue weighted by atomic mass is 10.0. The Balaban J connectivity index is 1.62. The van der Waals surface area contributed by atoms with E-state index in [1.807, 2.05) is 42.5 Å². The van der Waals surface area contributed by atoms with E-state index in [1.54, 1.807) is 11.3 Å². The van der Waals surface area contributed by atoms with Gasteiger partial charge in [0, 0.05) is 16.5 Å². The Morgan fingerprint density at radius 1 is 0.788 bits per heavy atom. The minimum atomic E-state index is 0.543. The summed E-state index contributed by atoms with van der Waals surface area (Å²) >= 11 is 1.65. The first-order valence-corrected chi connectivity index (χ1v) is 12.4. The number of aromatic nitrogens is 2. The second-order valence-electron chi connectivity index (χ2n) is 8.20. The lowest BCUT2D eigenvalue weighted by molar-refractivity contribution is 0.297. The highest BCUT2D eigenvalue weighted by atomic mass is 32.1. The highest BCUT2D eigenvalue weighted by molar-refractivity contribution is 7.17. The largest absolute Gasteiger partial charge is 0.493 e. The number of ether oxygens (including phenoxy) is 2. The summed E-state index contributed by atoms with van der Waals surface area (Å²) in [5.41, 5.74) is 4.03. The Morgan fingerprint density at radius 2 is 1.52 bits per heavy atom. The maximum absolute atomic E-state index is 9.54. The van der Waals surface area contributed by atoms with Crippen LogP contribution >= 0.6 is 11.3 Å². The molecule has 3 heterocycles. The third-order valence-electron chi connectivity index (χ3n) is 5.96. The molecule has 5 rings (SSSR count). The molecule has 0 fully saturated rings. The summed E-state index contributed by atoms with van der Waals surface area (Å²) in [6, 6.07) is 18.1. The van der Waals surface area contributed by atoms with Gasteiger partial charge in [-0.25, -0.2) is 0 Å². The van der Waals surface area contributed by atoms with E-state index < -0.39 is 0 Å². The molecule has 4 aromatic rings. The van der Waals surface area contributed by atoms with Crippen LogP contribution in [0.1, 0.15) is 44.1 Å². The Labute approximate surface area is 197 Å². The van der Waals surface area contributed by atoms with Crippen LogP contribution in [0.25, 0.3) is 32.6 Å². The Bertz CT molecular complexity index is 1310. The van der Waals surface area contributed by atoms with Crippen molar-refractivity contribution in [3.8, 4) is 40.1 Å². The summed E-state index contributed by atoms with van der Waals surface area (Å²) in [5.74, 6) is 1.46. The minimum Gasteiger partial charge on any atom is -0.493 e. The van der Waals surface area contributed by atoms with Crippen molar-refractivity contribution in [1.29, 1.82) is 5.26 Å². The van der Waals surface area contributed by atoms with Crippen molar-refractivity contribution in [1.82, 2.24) is 10.2 Å². The van der Waals surface area contributed by atoms with Crippen LogP contribution < -0.4 is 9.47 Å². The molecule has 166 valence electrons. The third-order valence-corrected chi connectivity index (χ3v) is 6.88. The molecule has 0 unspecified atom stereocenters. The van der Waals surface area contributed by atoms with Crippen molar-refractivity contribution in [2.75, 3.05) is 13.2 Å². The van der Waals surface area contributed by atoms with Crippen molar-refractivity contribution >= 4 is 21.4 Å². The zero-order valence-corrected chi connectivity index (χ0v) is 19.2. The molecule has 0 atom stereocenters. The van der Waals surface area contributed by atoms with Crippen LogP contribution in [0.4, 0.5) is 0 Å². The van der Waals surface area contributed by atoms with Gasteiger partial charge in [0.2, 0.25) is 0 Å². The standard InChI is InChI=1S/C27H25N3O2S/c28-18-20-12-11-19-17-24(20)32-15-8-4-2-1-3-7-14-31-23-10-6-5-9-21(23)26-27-22(13-16-33-27)25(19)29-30-26/h5-6,9-13,16-17H,1-4,7-8,14-15H2. The number of thiophene rings is 1. The first kappa shape index (κ1) is 21.4. The van der Waals surface area contributed by atoms with Crippen molar-refractivity contribution in [3.63, 3.8) is 0 Å². The molecule has 2 aromatic heterocycles. The quantitative estimate of drug-likeness (QED) is 0.285. The molecule has 6 heteroatoms. The molecule has 1 aliphatic rings. The van der Waals surface area contributed by atoms with Gasteiger partial charge < -0.3 is 9.47 Å². The molecule has 0 saturated carbocycles. The van der Waals surface area contributed by atoms with Crippen LogP contribution in [0.5, 0.6) is 11.5 Å². The van der Waals surface area contributed by atoms with Gasteiger partial charge in [-0.05, 0) is 48.6 Å². The maximum atomic E-state index is 9.54. The maximum Gasteiger partial charge on any atom is 0.137 e. The number of nitrogens with zero attached hydrogens (tertiary/aromatic N) is 3. The highest BCUT2D eigenvalue weighted by Crippen LogP contribution is 2.39. The average molecular weight is 456 g/mol. The van der Waals surface area contributed by atoms with E-state index in [9.17, 15) is 5.26 Å². The van der Waals surface area contributed by atoms with Gasteiger partial charge in [-0.15, -0.1) is 21.5 Å². The van der Waals surface area contributed by atoms with Crippen LogP contribution in [0.2, 0.25) is 0 Å². The molecular weight excluding hydrogens is 430 g/mol. The molecule has 0 N–H and O–H groups in total. The van der Waals surface area contributed by atoms with Gasteiger partial charge in [0.25, 0.3) is 0 Å². The van der Waals surface area contributed by atoms with Crippen LogP contribution in [-0.4, -0.2) is 23.4 Å². The van der Waals surface area contributed by atoms with Gasteiger partial charge in [-0.1, -0.05) is 43.9 Å². The summed E-state index contributed by atoms with van der Waals surface area (Å²) in [7, 11) is 0. The summed E-state index contributed by atoms with van der Waals surface area (Å²) < 4.78 is 13.3. The molecule has 1 aliphatic heterocycles. The normalized spacial score (nSPS) is 14.8. The molecule has 0 amide bonds. The van der Waals surface area contributed by atoms with Crippen molar-refractivity contribution < 1.29 is 9.47 Å². The molecule has 4 bridgehead atoms. The van der Waals surface area contributed by atoms with Gasteiger partial charge in [0.05, 0.1) is 23.5 Å². The fourth-order valence-corrected chi connectivity index (χ4v) is 5.11. The Kier molecular flexibility index (Phi) is 6.50. The summed E-state index contributed by atoms with van der Waals surface area (Å²) in [4.78, 5) is 0. The minimum absolute atomic E-state index is 0.543. The number of hydrogen-bond acceptors (Lipinski definition) is 6. The topological polar surface area (TPSA) is 68.0 Å². The zero-order chi connectivity index (χ0) is 22.5. The number of fused-ring (bicyclic) bond motifs is 11. The van der Waals surface area contributed by atoms with Crippen molar-refractivity contribution in [3.05, 3.63) is 59.5 Å². The fraction of sp³-hybridized carbons (Fsp3) is 0.296. The first-order valence-electron chi connectivity index (χ1n) is 11.5. The van der Waals surface area contributed by atoms with E-state index in [0.29, 0.717) is 24.5 Å². The van der Waals surface area contributed by atoms with Gasteiger partial charge in [-0.2, -0.15) is 5.26 Å². The Hall–Kier alpha value is -3.43. The molecule has 0 saturated heterocycles. The van der Waals surface area contributed by atoms with Gasteiger partial charge in [-0.3, -0.25) is 0 Å². The van der Waals surface area contributed by atoms with E-state index >= 15 is 0 Å². The molecule has 0 radical (unpaired) electrons. The zero-order valence-electron chi connectivity index (χ0n) is 18.4. The van der Waals surface area contributed by atoms with E-state index in [0.717, 1.165) is 64.0 Å². The van der Waals surface area contributed by atoms with Gasteiger partial charge in [0.1, 0.15) is 29.0 Å². The molecule has 0 spiro atoms. The summed E-state index contributed by atoms with van der Waals surface area (Å²) in [6.45, 7) is 1.30. The number of hydrogen-bond donors (Lipinski definition) is 0. The monoisotopic (exact) mass is 455 g/mol. The van der Waals surface area contributed by atoms with Gasteiger partial charge in [0.15, 0.2) is 0 Å². The molecular formula is C27H25N3O2S. The van der Waals surface area contributed by atoms with E-state index in [2.05, 4.69) is 27.7 Å². The molecule has 33 heavy (non-hydrogen) atoms. The van der Waals surface area contributed by atoms with Crippen molar-refractivity contribution in [2.45, 2.75) is 38.5 Å². The predicted octanol–water partition coefficient (Wildman–Crippen LogP) is 7.01. The Morgan fingerprint density at radius 3 is 2.33 bits per heavy atom. The number of rotatable bonds is 0. The van der Waals surface area contributed by atoms with Crippen LogP contribution in [0, 0.1) is 11.3 Å². The number of nitriles is 1. The van der Waals surface area contributed by atoms with Gasteiger partial charge >= 0.3 is 0 Å². The van der Waals surface area contributed by atoms with Crippen molar-refractivity contribution in [2.24, 2.45) is 0 Å².